The Morgan fingerprint density at radius 1 is 1.07 bits per heavy atom. The molecule has 0 aliphatic carbocycles. The van der Waals surface area contributed by atoms with Crippen molar-refractivity contribution in [3.05, 3.63) is 65.7 Å². The zero-order chi connectivity index (χ0) is 19.2. The standard InChI is InChI=1S/C20H22N4O2S/c1-4-26-19(25)18(16-8-6-5-7-9-16)27-20-21-22-23-24(20)17-12-10-15(11-13-17)14(2)3/h5-14,18H,4H2,1-3H3/t18-/m0/s1. The van der Waals surface area contributed by atoms with Gasteiger partial charge in [0.2, 0.25) is 5.16 Å². The van der Waals surface area contributed by atoms with Gasteiger partial charge < -0.3 is 4.74 Å². The minimum Gasteiger partial charge on any atom is -0.465 e. The predicted octanol–water partition coefficient (Wildman–Crippen LogP) is 4.18. The third-order valence-electron chi connectivity index (χ3n) is 4.07. The van der Waals surface area contributed by atoms with Gasteiger partial charge in [-0.2, -0.15) is 4.68 Å². The molecule has 0 amide bonds. The Kier molecular flexibility index (Phi) is 6.24. The largest absolute Gasteiger partial charge is 0.465 e. The number of carbonyl (C=O) groups is 1. The number of benzene rings is 2. The zero-order valence-electron chi connectivity index (χ0n) is 15.6. The Bertz CT molecular complexity index is 879. The van der Waals surface area contributed by atoms with Gasteiger partial charge in [-0.1, -0.05) is 68.1 Å². The molecular weight excluding hydrogens is 360 g/mol. The lowest BCUT2D eigenvalue weighted by Gasteiger charge is -2.15. The van der Waals surface area contributed by atoms with Crippen molar-refractivity contribution >= 4 is 17.7 Å². The van der Waals surface area contributed by atoms with E-state index in [0.717, 1.165) is 11.3 Å². The molecule has 2 aromatic carbocycles. The van der Waals surface area contributed by atoms with Crippen LogP contribution in [-0.2, 0) is 9.53 Å². The van der Waals surface area contributed by atoms with Gasteiger partial charge in [0.15, 0.2) is 0 Å². The monoisotopic (exact) mass is 382 g/mol. The molecule has 1 aromatic heterocycles. The third-order valence-corrected chi connectivity index (χ3v) is 5.24. The molecule has 0 unspecified atom stereocenters. The topological polar surface area (TPSA) is 69.9 Å². The molecular formula is C20H22N4O2S. The van der Waals surface area contributed by atoms with Gasteiger partial charge in [0.05, 0.1) is 12.3 Å². The zero-order valence-corrected chi connectivity index (χ0v) is 16.4. The van der Waals surface area contributed by atoms with E-state index in [-0.39, 0.29) is 5.97 Å². The van der Waals surface area contributed by atoms with Crippen molar-refractivity contribution in [3.63, 3.8) is 0 Å². The van der Waals surface area contributed by atoms with Gasteiger partial charge in [-0.25, -0.2) is 0 Å². The lowest BCUT2D eigenvalue weighted by Crippen LogP contribution is -2.14. The lowest BCUT2D eigenvalue weighted by molar-refractivity contribution is -0.142. The van der Waals surface area contributed by atoms with Crippen molar-refractivity contribution in [2.24, 2.45) is 0 Å². The van der Waals surface area contributed by atoms with E-state index >= 15 is 0 Å². The molecule has 3 rings (SSSR count). The van der Waals surface area contributed by atoms with Crippen LogP contribution < -0.4 is 0 Å². The second-order valence-corrected chi connectivity index (χ2v) is 7.35. The highest BCUT2D eigenvalue weighted by molar-refractivity contribution is 8.00. The van der Waals surface area contributed by atoms with Crippen molar-refractivity contribution in [2.45, 2.75) is 37.1 Å². The molecule has 0 spiro atoms. The minimum atomic E-state index is -0.536. The number of carbonyl (C=O) groups excluding carboxylic acids is 1. The normalized spacial score (nSPS) is 12.1. The lowest BCUT2D eigenvalue weighted by atomic mass is 10.0. The summed E-state index contributed by atoms with van der Waals surface area (Å²) in [6.45, 7) is 6.42. The number of tetrazole rings is 1. The van der Waals surface area contributed by atoms with Crippen LogP contribution in [0.25, 0.3) is 5.69 Å². The first-order valence-electron chi connectivity index (χ1n) is 8.87. The molecule has 0 saturated heterocycles. The fraction of sp³-hybridized carbons (Fsp3) is 0.300. The summed E-state index contributed by atoms with van der Waals surface area (Å²) in [7, 11) is 0. The maximum Gasteiger partial charge on any atom is 0.324 e. The third kappa shape index (κ3) is 4.54. The number of hydrogen-bond acceptors (Lipinski definition) is 6. The fourth-order valence-electron chi connectivity index (χ4n) is 2.62. The van der Waals surface area contributed by atoms with Crippen molar-refractivity contribution in [2.75, 3.05) is 6.61 Å². The number of aromatic nitrogens is 4. The highest BCUT2D eigenvalue weighted by Crippen LogP contribution is 2.35. The van der Waals surface area contributed by atoms with Gasteiger partial charge in [0.1, 0.15) is 5.25 Å². The Morgan fingerprint density at radius 2 is 1.78 bits per heavy atom. The van der Waals surface area contributed by atoms with E-state index in [1.54, 1.807) is 11.6 Å². The molecule has 0 radical (unpaired) electrons. The molecule has 0 bridgehead atoms. The second-order valence-electron chi connectivity index (χ2n) is 6.28. The fourth-order valence-corrected chi connectivity index (χ4v) is 3.61. The van der Waals surface area contributed by atoms with Crippen LogP contribution >= 0.6 is 11.8 Å². The highest BCUT2D eigenvalue weighted by atomic mass is 32.2. The molecule has 6 nitrogen and oxygen atoms in total. The van der Waals surface area contributed by atoms with E-state index in [1.807, 2.05) is 42.5 Å². The summed E-state index contributed by atoms with van der Waals surface area (Å²) in [5.74, 6) is 0.145. The van der Waals surface area contributed by atoms with E-state index in [2.05, 4.69) is 41.5 Å². The first-order chi connectivity index (χ1) is 13.1. The van der Waals surface area contributed by atoms with Gasteiger partial charge in [-0.3, -0.25) is 4.79 Å². The van der Waals surface area contributed by atoms with Gasteiger partial charge in [0.25, 0.3) is 0 Å². The number of rotatable bonds is 7. The van der Waals surface area contributed by atoms with Crippen LogP contribution in [0.15, 0.2) is 59.8 Å². The summed E-state index contributed by atoms with van der Waals surface area (Å²) < 4.78 is 6.90. The number of hydrogen-bond donors (Lipinski definition) is 0. The van der Waals surface area contributed by atoms with Crippen LogP contribution in [0.4, 0.5) is 0 Å². The Morgan fingerprint density at radius 3 is 2.41 bits per heavy atom. The number of esters is 1. The molecule has 1 atom stereocenters. The van der Waals surface area contributed by atoms with Gasteiger partial charge >= 0.3 is 5.97 Å². The first kappa shape index (κ1) is 19.1. The van der Waals surface area contributed by atoms with E-state index in [0.29, 0.717) is 17.7 Å². The van der Waals surface area contributed by atoms with Crippen LogP contribution in [-0.4, -0.2) is 32.8 Å². The Labute approximate surface area is 162 Å². The quantitative estimate of drug-likeness (QED) is 0.451. The average molecular weight is 382 g/mol. The summed E-state index contributed by atoms with van der Waals surface area (Å²) in [6.07, 6.45) is 0. The number of ether oxygens (including phenoxy) is 1. The van der Waals surface area contributed by atoms with Crippen molar-refractivity contribution < 1.29 is 9.53 Å². The van der Waals surface area contributed by atoms with Crippen LogP contribution in [0.5, 0.6) is 0 Å². The van der Waals surface area contributed by atoms with Gasteiger partial charge in [-0.15, -0.1) is 5.10 Å². The van der Waals surface area contributed by atoms with E-state index in [9.17, 15) is 4.79 Å². The first-order valence-corrected chi connectivity index (χ1v) is 9.75. The number of nitrogens with zero attached hydrogens (tertiary/aromatic N) is 4. The average Bonchev–Trinajstić information content (AvgIpc) is 3.15. The molecule has 0 fully saturated rings. The molecule has 1 heterocycles. The van der Waals surface area contributed by atoms with Crippen molar-refractivity contribution in [3.8, 4) is 5.69 Å². The molecule has 0 aliphatic heterocycles. The minimum absolute atomic E-state index is 0.307. The van der Waals surface area contributed by atoms with Crippen molar-refractivity contribution in [1.29, 1.82) is 0 Å². The summed E-state index contributed by atoms with van der Waals surface area (Å²) in [4.78, 5) is 12.5. The summed E-state index contributed by atoms with van der Waals surface area (Å²) in [6, 6.07) is 17.6. The van der Waals surface area contributed by atoms with Gasteiger partial charge in [0, 0.05) is 0 Å². The smallest absolute Gasteiger partial charge is 0.324 e. The maximum absolute atomic E-state index is 12.5. The van der Waals surface area contributed by atoms with E-state index < -0.39 is 5.25 Å². The SMILES string of the molecule is CCOC(=O)[C@@H](Sc1nnnn1-c1ccc(C(C)C)cc1)c1ccccc1. The molecule has 0 aliphatic rings. The predicted molar refractivity (Wildman–Crippen MR) is 105 cm³/mol. The summed E-state index contributed by atoms with van der Waals surface area (Å²) >= 11 is 1.28. The van der Waals surface area contributed by atoms with Crippen LogP contribution in [0.2, 0.25) is 0 Å². The summed E-state index contributed by atoms with van der Waals surface area (Å²) in [5.41, 5.74) is 2.95. The van der Waals surface area contributed by atoms with Crippen LogP contribution in [0.3, 0.4) is 0 Å². The molecule has 0 saturated carbocycles. The molecule has 3 aromatic rings. The van der Waals surface area contributed by atoms with Crippen LogP contribution in [0.1, 0.15) is 43.1 Å². The molecule has 7 heteroatoms. The van der Waals surface area contributed by atoms with E-state index in [1.165, 1.54) is 17.3 Å². The molecule has 140 valence electrons. The number of thioether (sulfide) groups is 1. The Hall–Kier alpha value is -2.67. The molecule has 0 N–H and O–H groups in total. The van der Waals surface area contributed by atoms with Gasteiger partial charge in [-0.05, 0) is 46.5 Å². The highest BCUT2D eigenvalue weighted by Gasteiger charge is 2.26. The Balaban J connectivity index is 1.89. The van der Waals surface area contributed by atoms with Crippen LogP contribution in [0, 0.1) is 0 Å². The molecule has 27 heavy (non-hydrogen) atoms. The second kappa shape index (κ2) is 8.81. The maximum atomic E-state index is 12.5. The van der Waals surface area contributed by atoms with Crippen molar-refractivity contribution in [1.82, 2.24) is 20.2 Å². The summed E-state index contributed by atoms with van der Waals surface area (Å²) in [5, 5.41) is 12.0. The van der Waals surface area contributed by atoms with E-state index in [4.69, 9.17) is 4.74 Å².